The van der Waals surface area contributed by atoms with E-state index >= 15 is 0 Å². The summed E-state index contributed by atoms with van der Waals surface area (Å²) in [4.78, 5) is 14.0. The van der Waals surface area contributed by atoms with Crippen LogP contribution in [-0.2, 0) is 16.1 Å². The first-order valence-electron chi connectivity index (χ1n) is 6.19. The first kappa shape index (κ1) is 14.3. The lowest BCUT2D eigenvalue weighted by Gasteiger charge is -2.34. The number of nitrogen functional groups attached to an aromatic ring is 1. The van der Waals surface area contributed by atoms with Crippen LogP contribution in [0.5, 0.6) is 0 Å². The lowest BCUT2D eigenvalue weighted by Crippen LogP contribution is -2.52. The molecule has 0 aromatic heterocycles. The average molecular weight is 328 g/mol. The van der Waals surface area contributed by atoms with Gasteiger partial charge in [0.05, 0.1) is 13.2 Å². The topological polar surface area (TPSA) is 67.6 Å². The number of nitrogens with two attached hydrogens (primary N) is 1. The van der Waals surface area contributed by atoms with Crippen molar-refractivity contribution < 1.29 is 9.53 Å². The molecule has 1 saturated heterocycles. The van der Waals surface area contributed by atoms with Gasteiger partial charge in [0.2, 0.25) is 5.91 Å². The molecule has 1 heterocycles. The van der Waals surface area contributed by atoms with Crippen molar-refractivity contribution in [1.82, 2.24) is 10.2 Å². The molecule has 3 N–H and O–H groups in total. The minimum absolute atomic E-state index is 0.0141. The number of morpholine rings is 1. The van der Waals surface area contributed by atoms with Crippen LogP contribution in [0.1, 0.15) is 5.56 Å². The van der Waals surface area contributed by atoms with E-state index in [4.69, 9.17) is 10.5 Å². The van der Waals surface area contributed by atoms with Gasteiger partial charge in [0.25, 0.3) is 0 Å². The highest BCUT2D eigenvalue weighted by atomic mass is 79.9. The number of hydrogen-bond donors (Lipinski definition) is 2. The molecule has 0 aliphatic carbocycles. The van der Waals surface area contributed by atoms with Crippen LogP contribution in [0.3, 0.4) is 0 Å². The zero-order valence-corrected chi connectivity index (χ0v) is 12.4. The van der Waals surface area contributed by atoms with Crippen LogP contribution in [-0.4, -0.2) is 43.7 Å². The van der Waals surface area contributed by atoms with Crippen LogP contribution in [0.15, 0.2) is 22.7 Å². The summed E-state index contributed by atoms with van der Waals surface area (Å²) in [6, 6.07) is 5.54. The maximum absolute atomic E-state index is 11.9. The number of halogens is 1. The lowest BCUT2D eigenvalue weighted by molar-refractivity contribution is -0.132. The summed E-state index contributed by atoms with van der Waals surface area (Å²) in [7, 11) is 1.64. The zero-order valence-electron chi connectivity index (χ0n) is 10.9. The van der Waals surface area contributed by atoms with Crippen molar-refractivity contribution in [2.75, 3.05) is 32.5 Å². The second-order valence-electron chi connectivity index (χ2n) is 4.50. The van der Waals surface area contributed by atoms with Gasteiger partial charge in [-0.1, -0.05) is 12.1 Å². The second-order valence-corrected chi connectivity index (χ2v) is 5.29. The molecule has 1 aliphatic rings. The zero-order chi connectivity index (χ0) is 13.8. The Morgan fingerprint density at radius 2 is 2.42 bits per heavy atom. The molecule has 1 fully saturated rings. The van der Waals surface area contributed by atoms with Crippen LogP contribution < -0.4 is 11.1 Å². The molecule has 1 unspecified atom stereocenters. The summed E-state index contributed by atoms with van der Waals surface area (Å²) in [6.45, 7) is 2.49. The molecular formula is C13H18BrN3O2. The Morgan fingerprint density at radius 3 is 3.16 bits per heavy atom. The number of anilines is 1. The van der Waals surface area contributed by atoms with Gasteiger partial charge in [0.1, 0.15) is 6.04 Å². The van der Waals surface area contributed by atoms with E-state index in [1.54, 1.807) is 7.05 Å². The van der Waals surface area contributed by atoms with E-state index in [0.717, 1.165) is 16.6 Å². The van der Waals surface area contributed by atoms with Gasteiger partial charge in [-0.05, 0) is 27.6 Å². The highest BCUT2D eigenvalue weighted by Gasteiger charge is 2.29. The minimum atomic E-state index is -0.243. The van der Waals surface area contributed by atoms with Crippen molar-refractivity contribution >= 4 is 27.5 Å². The maximum atomic E-state index is 11.9. The molecule has 0 bridgehead atoms. The normalized spacial score (nSPS) is 20.2. The number of rotatable bonds is 3. The van der Waals surface area contributed by atoms with Crippen molar-refractivity contribution in [3.63, 3.8) is 0 Å². The average Bonchev–Trinajstić information content (AvgIpc) is 2.43. The van der Waals surface area contributed by atoms with Gasteiger partial charge in [0.15, 0.2) is 0 Å². The number of hydrogen-bond acceptors (Lipinski definition) is 4. The molecule has 6 heteroatoms. The van der Waals surface area contributed by atoms with Gasteiger partial charge in [0, 0.05) is 30.3 Å². The summed E-state index contributed by atoms with van der Waals surface area (Å²) < 4.78 is 6.29. The van der Waals surface area contributed by atoms with Crippen LogP contribution in [0.2, 0.25) is 0 Å². The van der Waals surface area contributed by atoms with Gasteiger partial charge in [-0.15, -0.1) is 0 Å². The third-order valence-electron chi connectivity index (χ3n) is 3.27. The number of nitrogens with one attached hydrogen (secondary N) is 1. The summed E-state index contributed by atoms with van der Waals surface area (Å²) in [5.41, 5.74) is 7.67. The monoisotopic (exact) mass is 327 g/mol. The highest BCUT2D eigenvalue weighted by molar-refractivity contribution is 9.10. The van der Waals surface area contributed by atoms with E-state index < -0.39 is 0 Å². The van der Waals surface area contributed by atoms with E-state index in [0.29, 0.717) is 25.4 Å². The van der Waals surface area contributed by atoms with Crippen LogP contribution in [0.4, 0.5) is 5.69 Å². The standard InChI is InChI=1S/C13H18BrN3O2/c1-16-13(18)11-8-19-6-5-17(11)7-9-3-2-4-10(15)12(9)14/h2-4,11H,5-8,15H2,1H3,(H,16,18). The lowest BCUT2D eigenvalue weighted by atomic mass is 10.1. The summed E-state index contributed by atoms with van der Waals surface area (Å²) >= 11 is 3.50. The molecule has 0 radical (unpaired) electrons. The molecule has 5 nitrogen and oxygen atoms in total. The predicted octanol–water partition coefficient (Wildman–Crippen LogP) is 0.978. The molecule has 0 spiro atoms. The Morgan fingerprint density at radius 1 is 1.63 bits per heavy atom. The van der Waals surface area contributed by atoms with Crippen LogP contribution in [0, 0.1) is 0 Å². The molecule has 2 rings (SSSR count). The molecule has 0 saturated carbocycles. The van der Waals surface area contributed by atoms with E-state index in [1.165, 1.54) is 0 Å². The van der Waals surface area contributed by atoms with Crippen molar-refractivity contribution in [3.8, 4) is 0 Å². The number of carbonyl (C=O) groups excluding carboxylic acids is 1. The van der Waals surface area contributed by atoms with Crippen molar-refractivity contribution in [3.05, 3.63) is 28.2 Å². The van der Waals surface area contributed by atoms with Gasteiger partial charge < -0.3 is 15.8 Å². The van der Waals surface area contributed by atoms with Crippen molar-refractivity contribution in [2.24, 2.45) is 0 Å². The summed E-state index contributed by atoms with van der Waals surface area (Å²) in [5, 5.41) is 2.68. The van der Waals surface area contributed by atoms with Gasteiger partial charge in [-0.2, -0.15) is 0 Å². The Bertz CT molecular complexity index is 467. The molecular weight excluding hydrogens is 310 g/mol. The first-order chi connectivity index (χ1) is 9.13. The number of amides is 1. The largest absolute Gasteiger partial charge is 0.398 e. The predicted molar refractivity (Wildman–Crippen MR) is 77.6 cm³/mol. The number of nitrogens with zero attached hydrogens (tertiary/aromatic N) is 1. The Balaban J connectivity index is 2.15. The minimum Gasteiger partial charge on any atom is -0.398 e. The van der Waals surface area contributed by atoms with Crippen molar-refractivity contribution in [1.29, 1.82) is 0 Å². The van der Waals surface area contributed by atoms with Crippen LogP contribution >= 0.6 is 15.9 Å². The second kappa shape index (κ2) is 6.36. The first-order valence-corrected chi connectivity index (χ1v) is 6.99. The fourth-order valence-electron chi connectivity index (χ4n) is 2.18. The molecule has 19 heavy (non-hydrogen) atoms. The molecule has 1 aliphatic heterocycles. The molecule has 104 valence electrons. The molecule has 1 aromatic carbocycles. The van der Waals surface area contributed by atoms with Crippen LogP contribution in [0.25, 0.3) is 0 Å². The van der Waals surface area contributed by atoms with E-state index in [-0.39, 0.29) is 11.9 Å². The summed E-state index contributed by atoms with van der Waals surface area (Å²) in [6.07, 6.45) is 0. The Kier molecular flexibility index (Phi) is 4.79. The number of benzene rings is 1. The van der Waals surface area contributed by atoms with Gasteiger partial charge in [-0.3, -0.25) is 9.69 Å². The SMILES string of the molecule is CNC(=O)C1COCCN1Cc1cccc(N)c1Br. The smallest absolute Gasteiger partial charge is 0.239 e. The number of likely N-dealkylation sites (N-methyl/N-ethyl adjacent to an activating group) is 1. The van der Waals surface area contributed by atoms with E-state index in [2.05, 4.69) is 26.1 Å². The third-order valence-corrected chi connectivity index (χ3v) is 4.24. The number of carbonyl (C=O) groups is 1. The summed E-state index contributed by atoms with van der Waals surface area (Å²) in [5.74, 6) is -0.0141. The fourth-order valence-corrected chi connectivity index (χ4v) is 2.57. The highest BCUT2D eigenvalue weighted by Crippen LogP contribution is 2.26. The maximum Gasteiger partial charge on any atom is 0.239 e. The number of ether oxygens (including phenoxy) is 1. The fraction of sp³-hybridized carbons (Fsp3) is 0.462. The third kappa shape index (κ3) is 3.26. The molecule has 1 atom stereocenters. The quantitative estimate of drug-likeness (QED) is 0.812. The molecule has 1 amide bonds. The Labute approximate surface area is 121 Å². The van der Waals surface area contributed by atoms with Gasteiger partial charge in [-0.25, -0.2) is 0 Å². The Hall–Kier alpha value is -1.11. The van der Waals surface area contributed by atoms with E-state index in [9.17, 15) is 4.79 Å². The van der Waals surface area contributed by atoms with Gasteiger partial charge >= 0.3 is 0 Å². The molecule has 1 aromatic rings. The van der Waals surface area contributed by atoms with E-state index in [1.807, 2.05) is 18.2 Å². The van der Waals surface area contributed by atoms with Crippen molar-refractivity contribution in [2.45, 2.75) is 12.6 Å².